The van der Waals surface area contributed by atoms with Crippen LogP contribution in [0.2, 0.25) is 0 Å². The van der Waals surface area contributed by atoms with E-state index in [1.165, 1.54) is 7.11 Å². The van der Waals surface area contributed by atoms with E-state index in [0.717, 1.165) is 18.4 Å². The molecule has 1 aliphatic heterocycles. The van der Waals surface area contributed by atoms with Gasteiger partial charge in [-0.25, -0.2) is 0 Å². The highest BCUT2D eigenvalue weighted by molar-refractivity contribution is 5.82. The highest BCUT2D eigenvalue weighted by atomic mass is 16.5. The summed E-state index contributed by atoms with van der Waals surface area (Å²) < 4.78 is 6.97. The monoisotopic (exact) mass is 265 g/mol. The lowest BCUT2D eigenvalue weighted by atomic mass is 10.1. The Balaban J connectivity index is 1.74. The van der Waals surface area contributed by atoms with Crippen LogP contribution in [-0.4, -0.2) is 51.5 Å². The van der Waals surface area contributed by atoms with Gasteiger partial charge in [0.25, 0.3) is 5.91 Å². The number of likely N-dealkylation sites (tertiary alicyclic amines) is 1. The summed E-state index contributed by atoms with van der Waals surface area (Å²) in [6.45, 7) is 1.13. The molecular weight excluding hydrogens is 246 g/mol. The van der Waals surface area contributed by atoms with E-state index in [0.29, 0.717) is 19.0 Å². The lowest BCUT2D eigenvalue weighted by Crippen LogP contribution is -2.45. The van der Waals surface area contributed by atoms with Gasteiger partial charge in [0.15, 0.2) is 6.10 Å². The second-order valence-corrected chi connectivity index (χ2v) is 5.62. The number of fused-ring (bicyclic) bond motifs is 1. The molecule has 0 aromatic carbocycles. The molecular formula is C13H19N3O3. The normalized spacial score (nSPS) is 30.9. The van der Waals surface area contributed by atoms with Crippen molar-refractivity contribution in [3.63, 3.8) is 0 Å². The molecule has 6 nitrogen and oxygen atoms in total. The summed E-state index contributed by atoms with van der Waals surface area (Å²) in [6, 6.07) is 0. The number of carbonyl (C=O) groups is 1. The largest absolute Gasteiger partial charge is 0.388 e. The summed E-state index contributed by atoms with van der Waals surface area (Å²) in [5.74, 6) is 0.296. The zero-order chi connectivity index (χ0) is 13.6. The number of hydrogen-bond acceptors (Lipinski definition) is 4. The first-order valence-corrected chi connectivity index (χ1v) is 6.56. The van der Waals surface area contributed by atoms with E-state index in [-0.39, 0.29) is 5.91 Å². The Morgan fingerprint density at radius 1 is 1.68 bits per heavy atom. The number of aliphatic hydroxyl groups is 1. The number of ether oxygens (including phenoxy) is 1. The maximum absolute atomic E-state index is 12.5. The molecule has 0 bridgehead atoms. The Hall–Kier alpha value is -1.40. The van der Waals surface area contributed by atoms with E-state index >= 15 is 0 Å². The third-order valence-electron chi connectivity index (χ3n) is 4.21. The molecule has 1 saturated heterocycles. The molecule has 2 heterocycles. The zero-order valence-electron chi connectivity index (χ0n) is 11.2. The van der Waals surface area contributed by atoms with Crippen molar-refractivity contribution in [2.45, 2.75) is 24.5 Å². The van der Waals surface area contributed by atoms with Crippen molar-refractivity contribution in [3.05, 3.63) is 18.0 Å². The van der Waals surface area contributed by atoms with Crippen LogP contribution in [0.5, 0.6) is 0 Å². The van der Waals surface area contributed by atoms with Gasteiger partial charge in [-0.1, -0.05) is 0 Å². The van der Waals surface area contributed by atoms with Gasteiger partial charge in [0.05, 0.1) is 11.8 Å². The van der Waals surface area contributed by atoms with Crippen molar-refractivity contribution in [3.8, 4) is 0 Å². The Morgan fingerprint density at radius 3 is 3.05 bits per heavy atom. The number of β-amino-alcohol motifs (C(OH)–C–C–N with tert-alkyl or cyclic N) is 1. The van der Waals surface area contributed by atoms with Crippen LogP contribution < -0.4 is 0 Å². The van der Waals surface area contributed by atoms with Gasteiger partial charge < -0.3 is 14.7 Å². The average molecular weight is 265 g/mol. The van der Waals surface area contributed by atoms with E-state index < -0.39 is 11.7 Å². The molecule has 2 fully saturated rings. The number of aryl methyl sites for hydroxylation is 1. The molecule has 2 aliphatic rings. The number of rotatable bonds is 3. The van der Waals surface area contributed by atoms with Crippen molar-refractivity contribution in [2.75, 3.05) is 20.2 Å². The van der Waals surface area contributed by atoms with E-state index in [4.69, 9.17) is 4.74 Å². The number of carbonyl (C=O) groups excluding carboxylic acids is 1. The summed E-state index contributed by atoms with van der Waals surface area (Å²) >= 11 is 0. The molecule has 1 N–H and O–H groups in total. The van der Waals surface area contributed by atoms with E-state index in [1.807, 2.05) is 0 Å². The van der Waals surface area contributed by atoms with Gasteiger partial charge in [0, 0.05) is 39.0 Å². The lowest BCUT2D eigenvalue weighted by Gasteiger charge is -2.32. The first-order valence-electron chi connectivity index (χ1n) is 6.56. The van der Waals surface area contributed by atoms with Gasteiger partial charge in [-0.3, -0.25) is 9.48 Å². The van der Waals surface area contributed by atoms with Crippen molar-refractivity contribution >= 4 is 5.91 Å². The van der Waals surface area contributed by atoms with Gasteiger partial charge >= 0.3 is 0 Å². The van der Waals surface area contributed by atoms with Gasteiger partial charge in [-0.15, -0.1) is 0 Å². The molecule has 19 heavy (non-hydrogen) atoms. The molecule has 0 spiro atoms. The van der Waals surface area contributed by atoms with E-state index in [9.17, 15) is 9.90 Å². The SMILES string of the molecule is COC(C(=O)N1CC[C@@H]2C[C@]2(O)C1)c1cnn(C)c1. The number of amides is 1. The lowest BCUT2D eigenvalue weighted by molar-refractivity contribution is -0.146. The number of piperidine rings is 1. The molecule has 1 saturated carbocycles. The third kappa shape index (κ3) is 2.15. The molecule has 1 aromatic rings. The number of nitrogens with zero attached hydrogens (tertiary/aromatic N) is 3. The van der Waals surface area contributed by atoms with Crippen LogP contribution >= 0.6 is 0 Å². The second kappa shape index (κ2) is 4.31. The molecule has 1 aliphatic carbocycles. The highest BCUT2D eigenvalue weighted by Gasteiger charge is 2.56. The molecule has 104 valence electrons. The zero-order valence-corrected chi connectivity index (χ0v) is 11.2. The Morgan fingerprint density at radius 2 is 2.47 bits per heavy atom. The fraction of sp³-hybridized carbons (Fsp3) is 0.692. The number of methoxy groups -OCH3 is 1. The Bertz CT molecular complexity index is 501. The van der Waals surface area contributed by atoms with E-state index in [2.05, 4.69) is 5.10 Å². The summed E-state index contributed by atoms with van der Waals surface area (Å²) in [6.07, 6.45) is 4.50. The molecule has 1 unspecified atom stereocenters. The minimum Gasteiger partial charge on any atom is -0.388 e. The summed E-state index contributed by atoms with van der Waals surface area (Å²) in [5, 5.41) is 14.2. The molecule has 3 atom stereocenters. The van der Waals surface area contributed by atoms with Crippen molar-refractivity contribution < 1.29 is 14.6 Å². The molecule has 1 amide bonds. The van der Waals surface area contributed by atoms with Crippen molar-refractivity contribution in [1.29, 1.82) is 0 Å². The summed E-state index contributed by atoms with van der Waals surface area (Å²) in [7, 11) is 3.33. The first-order chi connectivity index (χ1) is 9.03. The standard InChI is InChI=1S/C13H19N3O3/c1-15-7-9(6-14-15)11(19-2)12(17)16-4-3-10-5-13(10,18)8-16/h6-7,10-11,18H,3-5,8H2,1-2H3/t10-,11?,13+/m1/s1. The minimum atomic E-state index is -0.638. The van der Waals surface area contributed by atoms with Crippen LogP contribution in [0, 0.1) is 5.92 Å². The molecule has 3 rings (SSSR count). The Kier molecular flexibility index (Phi) is 2.87. The van der Waals surface area contributed by atoms with Crippen LogP contribution in [0.25, 0.3) is 0 Å². The highest BCUT2D eigenvalue weighted by Crippen LogP contribution is 2.49. The number of aromatic nitrogens is 2. The molecule has 6 heteroatoms. The predicted octanol–water partition coefficient (Wildman–Crippen LogP) is 0.0909. The van der Waals surface area contributed by atoms with Crippen LogP contribution in [0.1, 0.15) is 24.5 Å². The van der Waals surface area contributed by atoms with Crippen LogP contribution in [0.15, 0.2) is 12.4 Å². The molecule has 0 radical (unpaired) electrons. The number of hydrogen-bond donors (Lipinski definition) is 1. The van der Waals surface area contributed by atoms with Gasteiger partial charge in [0.2, 0.25) is 0 Å². The van der Waals surface area contributed by atoms with Crippen LogP contribution in [0.3, 0.4) is 0 Å². The molecule has 1 aromatic heterocycles. The van der Waals surface area contributed by atoms with Crippen LogP contribution in [0.4, 0.5) is 0 Å². The first kappa shape index (κ1) is 12.6. The minimum absolute atomic E-state index is 0.0886. The van der Waals surface area contributed by atoms with Crippen molar-refractivity contribution in [2.24, 2.45) is 13.0 Å². The Labute approximate surface area is 112 Å². The second-order valence-electron chi connectivity index (χ2n) is 5.62. The average Bonchev–Trinajstić information content (AvgIpc) is 2.89. The summed E-state index contributed by atoms with van der Waals surface area (Å²) in [5.41, 5.74) is 0.112. The fourth-order valence-electron chi connectivity index (χ4n) is 2.96. The van der Waals surface area contributed by atoms with Gasteiger partial charge in [-0.05, 0) is 18.8 Å². The maximum atomic E-state index is 12.5. The topological polar surface area (TPSA) is 67.6 Å². The maximum Gasteiger partial charge on any atom is 0.256 e. The summed E-state index contributed by atoms with van der Waals surface area (Å²) in [4.78, 5) is 14.2. The predicted molar refractivity (Wildman–Crippen MR) is 67.2 cm³/mol. The third-order valence-corrected chi connectivity index (χ3v) is 4.21. The van der Waals surface area contributed by atoms with Crippen molar-refractivity contribution in [1.82, 2.24) is 14.7 Å². The van der Waals surface area contributed by atoms with E-state index in [1.54, 1.807) is 29.0 Å². The quantitative estimate of drug-likeness (QED) is 0.841. The van der Waals surface area contributed by atoms with Crippen LogP contribution in [-0.2, 0) is 16.6 Å². The fourth-order valence-corrected chi connectivity index (χ4v) is 2.96. The smallest absolute Gasteiger partial charge is 0.256 e. The van der Waals surface area contributed by atoms with Gasteiger partial charge in [0.1, 0.15) is 0 Å². The van der Waals surface area contributed by atoms with Gasteiger partial charge in [-0.2, -0.15) is 5.10 Å².